The third-order valence-corrected chi connectivity index (χ3v) is 11.2. The normalized spacial score (nSPS) is 11.8. The van der Waals surface area contributed by atoms with Gasteiger partial charge in [0.15, 0.2) is 17.5 Å². The third-order valence-electron chi connectivity index (χ3n) is 8.94. The van der Waals surface area contributed by atoms with E-state index in [9.17, 15) is 0 Å². The molecule has 0 bridgehead atoms. The molecular weight excluding hydrogens is 625 g/mol. The smallest absolute Gasteiger partial charge is 0.166 e. The molecule has 7 aromatic carbocycles. The molecule has 6 heteroatoms. The van der Waals surface area contributed by atoms with Gasteiger partial charge in [0.05, 0.1) is 10.2 Å². The largest absolute Gasteiger partial charge is 0.236 e. The van der Waals surface area contributed by atoms with Crippen molar-refractivity contribution in [3.8, 4) is 44.7 Å². The molecule has 224 valence electrons. The molecule has 0 aliphatic rings. The molecule has 4 nitrogen and oxygen atoms in total. The Labute approximate surface area is 283 Å². The molecule has 0 aliphatic carbocycles. The van der Waals surface area contributed by atoms with Gasteiger partial charge in [-0.25, -0.2) is 19.9 Å². The van der Waals surface area contributed by atoms with Crippen molar-refractivity contribution in [3.63, 3.8) is 0 Å². The fourth-order valence-electron chi connectivity index (χ4n) is 6.67. The highest BCUT2D eigenvalue weighted by atomic mass is 32.1. The molecule has 0 saturated carbocycles. The molecular formula is C42H24N4S2. The summed E-state index contributed by atoms with van der Waals surface area (Å²) >= 11 is 3.49. The lowest BCUT2D eigenvalue weighted by molar-refractivity contribution is 1.08. The molecule has 10 rings (SSSR count). The SMILES string of the molecule is c1ccc(-c2nc(-c3ccc4c(ccc5ccccc54)c3)nc(-c3c4sc(-c5ccccc5)nc4cc4sc5ccccc5c34)n2)cc1. The molecule has 0 saturated heterocycles. The summed E-state index contributed by atoms with van der Waals surface area (Å²) in [6.07, 6.45) is 0. The second kappa shape index (κ2) is 10.9. The highest BCUT2D eigenvalue weighted by Gasteiger charge is 2.23. The number of nitrogens with zero attached hydrogens (tertiary/aromatic N) is 4. The van der Waals surface area contributed by atoms with Crippen molar-refractivity contribution in [1.29, 1.82) is 0 Å². The van der Waals surface area contributed by atoms with Crippen LogP contribution in [0, 0.1) is 0 Å². The minimum Gasteiger partial charge on any atom is -0.236 e. The first-order valence-corrected chi connectivity index (χ1v) is 17.4. The predicted molar refractivity (Wildman–Crippen MR) is 203 cm³/mol. The number of fused-ring (bicyclic) bond motifs is 7. The van der Waals surface area contributed by atoms with Crippen molar-refractivity contribution < 1.29 is 0 Å². The van der Waals surface area contributed by atoms with Crippen LogP contribution >= 0.6 is 22.7 Å². The van der Waals surface area contributed by atoms with Gasteiger partial charge >= 0.3 is 0 Å². The lowest BCUT2D eigenvalue weighted by Crippen LogP contribution is -2.00. The summed E-state index contributed by atoms with van der Waals surface area (Å²) in [4.78, 5) is 20.8. The van der Waals surface area contributed by atoms with Gasteiger partial charge in [-0.15, -0.1) is 22.7 Å². The zero-order valence-corrected chi connectivity index (χ0v) is 27.1. The van der Waals surface area contributed by atoms with Crippen LogP contribution in [0.4, 0.5) is 0 Å². The summed E-state index contributed by atoms with van der Waals surface area (Å²) in [5.74, 6) is 1.94. The molecule has 0 aliphatic heterocycles. The van der Waals surface area contributed by atoms with Crippen LogP contribution in [-0.4, -0.2) is 19.9 Å². The Morgan fingerprint density at radius 3 is 1.88 bits per heavy atom. The summed E-state index contributed by atoms with van der Waals surface area (Å²) in [5, 5.41) is 8.17. The van der Waals surface area contributed by atoms with E-state index in [1.54, 1.807) is 22.7 Å². The van der Waals surface area contributed by atoms with Crippen LogP contribution < -0.4 is 0 Å². The monoisotopic (exact) mass is 648 g/mol. The van der Waals surface area contributed by atoms with E-state index in [4.69, 9.17) is 19.9 Å². The Kier molecular flexibility index (Phi) is 6.19. The summed E-state index contributed by atoms with van der Waals surface area (Å²) in [7, 11) is 0. The van der Waals surface area contributed by atoms with Gasteiger partial charge in [-0.05, 0) is 39.7 Å². The molecule has 0 radical (unpaired) electrons. The minimum atomic E-state index is 0.645. The number of rotatable bonds is 4. The Bertz CT molecular complexity index is 2840. The average molecular weight is 649 g/mol. The Hall–Kier alpha value is -5.82. The summed E-state index contributed by atoms with van der Waals surface area (Å²) in [6.45, 7) is 0. The second-order valence-electron chi connectivity index (χ2n) is 11.9. The molecule has 0 unspecified atom stereocenters. The highest BCUT2D eigenvalue weighted by molar-refractivity contribution is 7.26. The summed E-state index contributed by atoms with van der Waals surface area (Å²) in [5.41, 5.74) is 4.96. The zero-order chi connectivity index (χ0) is 31.6. The van der Waals surface area contributed by atoms with Gasteiger partial charge in [-0.2, -0.15) is 0 Å². The van der Waals surface area contributed by atoms with Gasteiger partial charge in [0.1, 0.15) is 5.01 Å². The number of thiazole rings is 1. The van der Waals surface area contributed by atoms with Gasteiger partial charge < -0.3 is 0 Å². The first kappa shape index (κ1) is 27.3. The van der Waals surface area contributed by atoms with E-state index < -0.39 is 0 Å². The van der Waals surface area contributed by atoms with Crippen LogP contribution in [0.5, 0.6) is 0 Å². The maximum Gasteiger partial charge on any atom is 0.166 e. The van der Waals surface area contributed by atoms with Crippen molar-refractivity contribution >= 4 is 74.6 Å². The average Bonchev–Trinajstić information content (AvgIpc) is 3.75. The third kappa shape index (κ3) is 4.42. The molecule has 0 fully saturated rings. The number of hydrogen-bond acceptors (Lipinski definition) is 6. The molecule has 0 spiro atoms. The lowest BCUT2D eigenvalue weighted by Gasteiger charge is -2.11. The van der Waals surface area contributed by atoms with Crippen molar-refractivity contribution in [3.05, 3.63) is 146 Å². The van der Waals surface area contributed by atoms with Gasteiger partial charge in [0.25, 0.3) is 0 Å². The lowest BCUT2D eigenvalue weighted by atomic mass is 10.00. The van der Waals surface area contributed by atoms with E-state index >= 15 is 0 Å². The fourth-order valence-corrected chi connectivity index (χ4v) is 8.92. The number of aromatic nitrogens is 4. The van der Waals surface area contributed by atoms with Crippen LogP contribution in [0.15, 0.2) is 146 Å². The van der Waals surface area contributed by atoms with Crippen molar-refractivity contribution in [2.45, 2.75) is 0 Å². The van der Waals surface area contributed by atoms with Crippen LogP contribution in [0.25, 0.3) is 96.7 Å². The first-order chi connectivity index (χ1) is 23.8. The van der Waals surface area contributed by atoms with E-state index in [2.05, 4.69) is 121 Å². The number of hydrogen-bond donors (Lipinski definition) is 0. The molecule has 48 heavy (non-hydrogen) atoms. The molecule has 0 atom stereocenters. The number of benzene rings is 7. The minimum absolute atomic E-state index is 0.645. The van der Waals surface area contributed by atoms with E-state index in [0.29, 0.717) is 17.5 Å². The first-order valence-electron chi connectivity index (χ1n) is 15.8. The molecule has 3 heterocycles. The fraction of sp³-hybridized carbons (Fsp3) is 0. The Balaban J connectivity index is 1.28. The van der Waals surface area contributed by atoms with Crippen molar-refractivity contribution in [1.82, 2.24) is 19.9 Å². The Morgan fingerprint density at radius 1 is 0.396 bits per heavy atom. The number of thiophene rings is 1. The van der Waals surface area contributed by atoms with Crippen molar-refractivity contribution in [2.24, 2.45) is 0 Å². The Morgan fingerprint density at radius 2 is 1.04 bits per heavy atom. The van der Waals surface area contributed by atoms with Gasteiger partial charge in [0.2, 0.25) is 0 Å². The molecule has 3 aromatic heterocycles. The van der Waals surface area contributed by atoms with Crippen LogP contribution in [0.3, 0.4) is 0 Å². The van der Waals surface area contributed by atoms with Gasteiger partial charge in [-0.3, -0.25) is 0 Å². The highest BCUT2D eigenvalue weighted by Crippen LogP contribution is 2.46. The molecule has 0 amide bonds. The predicted octanol–water partition coefficient (Wildman–Crippen LogP) is 11.8. The molecule has 0 N–H and O–H groups in total. The van der Waals surface area contributed by atoms with E-state index in [1.165, 1.54) is 30.9 Å². The van der Waals surface area contributed by atoms with Gasteiger partial charge in [-0.1, -0.05) is 127 Å². The maximum atomic E-state index is 5.30. The summed E-state index contributed by atoms with van der Waals surface area (Å²) < 4.78 is 3.48. The van der Waals surface area contributed by atoms with Crippen LogP contribution in [-0.2, 0) is 0 Å². The summed E-state index contributed by atoms with van der Waals surface area (Å²) in [6, 6.07) is 50.8. The topological polar surface area (TPSA) is 51.6 Å². The van der Waals surface area contributed by atoms with Crippen LogP contribution in [0.1, 0.15) is 0 Å². The van der Waals surface area contributed by atoms with Crippen molar-refractivity contribution in [2.75, 3.05) is 0 Å². The standard InChI is InChI=1S/C42H24N4S2/c1-3-12-26(13-4-1)39-44-40(29-21-22-31-28(23-29)20-19-25-11-7-8-16-30(25)31)46-41(45-39)37-36-32-17-9-10-18-34(32)47-35(36)24-33-38(37)48-42(43-33)27-14-5-2-6-15-27/h1-24H. The second-order valence-corrected chi connectivity index (χ2v) is 13.9. The van der Waals surface area contributed by atoms with E-state index in [0.717, 1.165) is 48.3 Å². The zero-order valence-electron chi connectivity index (χ0n) is 25.5. The maximum absolute atomic E-state index is 5.30. The van der Waals surface area contributed by atoms with Crippen LogP contribution in [0.2, 0.25) is 0 Å². The quantitative estimate of drug-likeness (QED) is 0.178. The van der Waals surface area contributed by atoms with E-state index in [1.807, 2.05) is 24.3 Å². The van der Waals surface area contributed by atoms with E-state index in [-0.39, 0.29) is 0 Å². The van der Waals surface area contributed by atoms with Gasteiger partial charge in [0, 0.05) is 42.4 Å². The molecule has 10 aromatic rings.